The zero-order chi connectivity index (χ0) is 16.2. The van der Waals surface area contributed by atoms with Crippen molar-refractivity contribution >= 4 is 11.8 Å². The molecule has 23 heavy (non-hydrogen) atoms. The number of rotatable bonds is 4. The van der Waals surface area contributed by atoms with Crippen molar-refractivity contribution in [3.05, 3.63) is 18.0 Å². The molecule has 2 atom stereocenters. The van der Waals surface area contributed by atoms with E-state index in [0.717, 1.165) is 31.2 Å². The minimum atomic E-state index is -0.168. The number of hydrogen-bond acceptors (Lipinski definition) is 4. The molecule has 0 spiro atoms. The smallest absolute Gasteiger partial charge is 0.239 e. The zero-order valence-corrected chi connectivity index (χ0v) is 13.5. The van der Waals surface area contributed by atoms with Gasteiger partial charge in [0, 0.05) is 38.4 Å². The van der Waals surface area contributed by atoms with E-state index >= 15 is 0 Å². The Morgan fingerprint density at radius 1 is 1.43 bits per heavy atom. The lowest BCUT2D eigenvalue weighted by atomic mass is 9.98. The van der Waals surface area contributed by atoms with Crippen LogP contribution < -0.4 is 5.32 Å². The van der Waals surface area contributed by atoms with Gasteiger partial charge in [0.1, 0.15) is 6.10 Å². The summed E-state index contributed by atoms with van der Waals surface area (Å²) in [6.07, 6.45) is 7.78. The van der Waals surface area contributed by atoms with Gasteiger partial charge in [0.05, 0.1) is 18.8 Å². The Bertz CT molecular complexity index is 571. The van der Waals surface area contributed by atoms with Gasteiger partial charge in [-0.15, -0.1) is 0 Å². The van der Waals surface area contributed by atoms with Crippen LogP contribution in [0, 0.1) is 0 Å². The lowest BCUT2D eigenvalue weighted by Gasteiger charge is -2.33. The minimum absolute atomic E-state index is 0.0691. The molecule has 1 aromatic rings. The number of amides is 2. The highest BCUT2D eigenvalue weighted by atomic mass is 16.5. The quantitative estimate of drug-likeness (QED) is 0.889. The number of likely N-dealkylation sites (tertiary alicyclic amines) is 1. The second kappa shape index (κ2) is 7.12. The second-order valence-corrected chi connectivity index (χ2v) is 6.33. The first kappa shape index (κ1) is 16.0. The van der Waals surface area contributed by atoms with Crippen LogP contribution in [0.2, 0.25) is 0 Å². The number of aromatic nitrogens is 2. The first-order valence-corrected chi connectivity index (χ1v) is 8.31. The molecule has 2 saturated heterocycles. The molecule has 126 valence electrons. The van der Waals surface area contributed by atoms with Crippen LogP contribution in [0.15, 0.2) is 12.4 Å². The number of aryl methyl sites for hydroxylation is 1. The van der Waals surface area contributed by atoms with Crippen molar-refractivity contribution in [2.75, 3.05) is 19.7 Å². The Morgan fingerprint density at radius 2 is 2.30 bits per heavy atom. The molecule has 3 heterocycles. The van der Waals surface area contributed by atoms with Crippen molar-refractivity contribution in [2.24, 2.45) is 7.05 Å². The molecule has 2 aliphatic heterocycles. The Hall–Kier alpha value is -1.89. The normalized spacial score (nSPS) is 25.4. The maximum Gasteiger partial charge on any atom is 0.239 e. The van der Waals surface area contributed by atoms with E-state index in [9.17, 15) is 9.59 Å². The van der Waals surface area contributed by atoms with E-state index in [2.05, 4.69) is 10.4 Å². The third kappa shape index (κ3) is 3.90. The summed E-state index contributed by atoms with van der Waals surface area (Å²) in [4.78, 5) is 25.8. The van der Waals surface area contributed by atoms with Gasteiger partial charge in [0.25, 0.3) is 0 Å². The number of ether oxygens (including phenoxy) is 1. The van der Waals surface area contributed by atoms with Crippen molar-refractivity contribution in [1.29, 1.82) is 0 Å². The molecule has 3 rings (SSSR count). The number of carbonyl (C=O) groups is 2. The standard InChI is InChI=1S/C16H24N4O3/c1-19-10-12(9-17-19)16-13(5-4-8-23-16)18-14(21)11-20-7-3-2-6-15(20)22/h9-10,13,16H,2-8,11H2,1H3,(H,18,21)/t13-,16+/m0/s1. The third-order valence-corrected chi connectivity index (χ3v) is 4.48. The van der Waals surface area contributed by atoms with Crippen LogP contribution in [0.3, 0.4) is 0 Å². The maximum atomic E-state index is 12.3. The third-order valence-electron chi connectivity index (χ3n) is 4.48. The number of carbonyl (C=O) groups excluding carboxylic acids is 2. The molecule has 7 nitrogen and oxygen atoms in total. The number of piperidine rings is 1. The molecule has 0 aromatic carbocycles. The van der Waals surface area contributed by atoms with Crippen LogP contribution in [-0.2, 0) is 21.4 Å². The number of hydrogen-bond donors (Lipinski definition) is 1. The van der Waals surface area contributed by atoms with Crippen LogP contribution >= 0.6 is 0 Å². The van der Waals surface area contributed by atoms with E-state index in [0.29, 0.717) is 19.6 Å². The van der Waals surface area contributed by atoms with Gasteiger partial charge in [-0.05, 0) is 25.7 Å². The van der Waals surface area contributed by atoms with Gasteiger partial charge >= 0.3 is 0 Å². The summed E-state index contributed by atoms with van der Waals surface area (Å²) in [5.41, 5.74) is 0.978. The predicted molar refractivity (Wildman–Crippen MR) is 83.5 cm³/mol. The van der Waals surface area contributed by atoms with Gasteiger partial charge in [-0.1, -0.05) is 0 Å². The first-order valence-electron chi connectivity index (χ1n) is 8.31. The summed E-state index contributed by atoms with van der Waals surface area (Å²) >= 11 is 0. The molecule has 7 heteroatoms. The summed E-state index contributed by atoms with van der Waals surface area (Å²) in [6.45, 7) is 1.52. The Kier molecular flexibility index (Phi) is 4.95. The van der Waals surface area contributed by atoms with Gasteiger partial charge in [-0.2, -0.15) is 5.10 Å². The Labute approximate surface area is 136 Å². The largest absolute Gasteiger partial charge is 0.371 e. The zero-order valence-electron chi connectivity index (χ0n) is 13.5. The van der Waals surface area contributed by atoms with Crippen molar-refractivity contribution in [3.63, 3.8) is 0 Å². The topological polar surface area (TPSA) is 76.5 Å². The molecule has 0 bridgehead atoms. The number of nitrogens with one attached hydrogen (secondary N) is 1. The van der Waals surface area contributed by atoms with Gasteiger partial charge < -0.3 is 15.0 Å². The van der Waals surface area contributed by atoms with Crippen LogP contribution in [0.25, 0.3) is 0 Å². The van der Waals surface area contributed by atoms with Crippen molar-refractivity contribution in [3.8, 4) is 0 Å². The lowest BCUT2D eigenvalue weighted by Crippen LogP contribution is -2.48. The van der Waals surface area contributed by atoms with Crippen LogP contribution in [0.5, 0.6) is 0 Å². The molecular weight excluding hydrogens is 296 g/mol. The average molecular weight is 320 g/mol. The Morgan fingerprint density at radius 3 is 3.04 bits per heavy atom. The highest BCUT2D eigenvalue weighted by molar-refractivity contribution is 5.85. The molecule has 0 aliphatic carbocycles. The summed E-state index contributed by atoms with van der Waals surface area (Å²) in [6, 6.07) is -0.0691. The van der Waals surface area contributed by atoms with E-state index in [1.807, 2.05) is 13.2 Å². The van der Waals surface area contributed by atoms with E-state index < -0.39 is 0 Å². The average Bonchev–Trinajstić information content (AvgIpc) is 2.96. The van der Waals surface area contributed by atoms with Crippen LogP contribution in [0.4, 0.5) is 0 Å². The maximum absolute atomic E-state index is 12.3. The molecule has 2 aliphatic rings. The summed E-state index contributed by atoms with van der Waals surface area (Å²) in [5, 5.41) is 7.23. The van der Waals surface area contributed by atoms with E-state index in [1.165, 1.54) is 0 Å². The van der Waals surface area contributed by atoms with Crippen LogP contribution in [0.1, 0.15) is 43.8 Å². The Balaban J connectivity index is 1.60. The van der Waals surface area contributed by atoms with Crippen molar-refractivity contribution in [2.45, 2.75) is 44.2 Å². The molecule has 1 N–H and O–H groups in total. The predicted octanol–water partition coefficient (Wildman–Crippen LogP) is 0.769. The molecule has 1 aromatic heterocycles. The van der Waals surface area contributed by atoms with Gasteiger partial charge in [-0.3, -0.25) is 14.3 Å². The number of nitrogens with zero attached hydrogens (tertiary/aromatic N) is 3. The molecule has 0 unspecified atom stereocenters. The summed E-state index contributed by atoms with van der Waals surface area (Å²) in [5.74, 6) is -0.0280. The van der Waals surface area contributed by atoms with E-state index in [1.54, 1.807) is 15.8 Å². The van der Waals surface area contributed by atoms with Gasteiger partial charge in [0.15, 0.2) is 0 Å². The highest BCUT2D eigenvalue weighted by Crippen LogP contribution is 2.28. The molecule has 2 amide bonds. The second-order valence-electron chi connectivity index (χ2n) is 6.33. The fourth-order valence-corrected chi connectivity index (χ4v) is 3.30. The monoisotopic (exact) mass is 320 g/mol. The molecule has 2 fully saturated rings. The SMILES string of the molecule is Cn1cc([C@H]2OCCC[C@@H]2NC(=O)CN2CCCCC2=O)cn1. The molecule has 0 radical (unpaired) electrons. The van der Waals surface area contributed by atoms with Crippen molar-refractivity contribution in [1.82, 2.24) is 20.0 Å². The van der Waals surface area contributed by atoms with E-state index in [4.69, 9.17) is 4.74 Å². The summed E-state index contributed by atoms with van der Waals surface area (Å²) in [7, 11) is 1.86. The van der Waals surface area contributed by atoms with Gasteiger partial charge in [-0.25, -0.2) is 0 Å². The fourth-order valence-electron chi connectivity index (χ4n) is 3.30. The summed E-state index contributed by atoms with van der Waals surface area (Å²) < 4.78 is 7.59. The molecular formula is C16H24N4O3. The lowest BCUT2D eigenvalue weighted by molar-refractivity contribution is -0.138. The van der Waals surface area contributed by atoms with Crippen LogP contribution in [-0.4, -0.2) is 52.2 Å². The first-order chi connectivity index (χ1) is 11.1. The van der Waals surface area contributed by atoms with Crippen molar-refractivity contribution < 1.29 is 14.3 Å². The van der Waals surface area contributed by atoms with Gasteiger partial charge in [0.2, 0.25) is 11.8 Å². The highest BCUT2D eigenvalue weighted by Gasteiger charge is 2.30. The molecule has 0 saturated carbocycles. The minimum Gasteiger partial charge on any atom is -0.371 e. The fraction of sp³-hybridized carbons (Fsp3) is 0.688. The van der Waals surface area contributed by atoms with E-state index in [-0.39, 0.29) is 30.5 Å².